The summed E-state index contributed by atoms with van der Waals surface area (Å²) in [6.45, 7) is 2.91. The van der Waals surface area contributed by atoms with Crippen LogP contribution in [0.15, 0.2) is 30.3 Å². The van der Waals surface area contributed by atoms with Gasteiger partial charge >= 0.3 is 0 Å². The van der Waals surface area contributed by atoms with Crippen molar-refractivity contribution in [2.75, 3.05) is 13.1 Å². The molecule has 2 aliphatic rings. The molecule has 1 heterocycles. The zero-order chi connectivity index (χ0) is 13.8. The van der Waals surface area contributed by atoms with E-state index in [1.54, 1.807) is 0 Å². The zero-order valence-electron chi connectivity index (χ0n) is 12.3. The fraction of sp³-hybridized carbons (Fsp3) is 0.611. The van der Waals surface area contributed by atoms with E-state index in [0.29, 0.717) is 11.7 Å². The number of benzene rings is 1. The van der Waals surface area contributed by atoms with E-state index in [-0.39, 0.29) is 0 Å². The fourth-order valence-electron chi connectivity index (χ4n) is 3.82. The number of hydrogen-bond donors (Lipinski definition) is 0. The molecule has 2 heteroatoms. The van der Waals surface area contributed by atoms with Gasteiger partial charge in [-0.1, -0.05) is 56.0 Å². The second-order valence-electron chi connectivity index (χ2n) is 6.52. The first kappa shape index (κ1) is 13.8. The van der Waals surface area contributed by atoms with Crippen LogP contribution in [0, 0.1) is 11.8 Å². The molecular weight excluding hydrogens is 246 g/mol. The van der Waals surface area contributed by atoms with Crippen LogP contribution in [0.25, 0.3) is 0 Å². The van der Waals surface area contributed by atoms with Gasteiger partial charge in [0.2, 0.25) is 0 Å². The Morgan fingerprint density at radius 2 is 1.85 bits per heavy atom. The third-order valence-electron chi connectivity index (χ3n) is 4.95. The number of carbonyl (C=O) groups excluding carboxylic acids is 1. The van der Waals surface area contributed by atoms with E-state index >= 15 is 0 Å². The van der Waals surface area contributed by atoms with Crippen molar-refractivity contribution in [3.05, 3.63) is 35.9 Å². The van der Waals surface area contributed by atoms with Gasteiger partial charge in [-0.3, -0.25) is 9.69 Å². The Balaban J connectivity index is 1.56. The summed E-state index contributed by atoms with van der Waals surface area (Å²) in [4.78, 5) is 14.6. The van der Waals surface area contributed by atoms with Crippen LogP contribution in [0.5, 0.6) is 0 Å². The van der Waals surface area contributed by atoms with Crippen LogP contribution in [0.2, 0.25) is 0 Å². The van der Waals surface area contributed by atoms with Crippen molar-refractivity contribution in [3.8, 4) is 0 Å². The first-order valence-corrected chi connectivity index (χ1v) is 8.10. The first-order chi connectivity index (χ1) is 9.81. The highest BCUT2D eigenvalue weighted by atomic mass is 16.1. The van der Waals surface area contributed by atoms with Crippen molar-refractivity contribution in [1.29, 1.82) is 0 Å². The summed E-state index contributed by atoms with van der Waals surface area (Å²) in [7, 11) is 0. The summed E-state index contributed by atoms with van der Waals surface area (Å²) in [5.74, 6) is 1.64. The summed E-state index contributed by atoms with van der Waals surface area (Å²) in [6, 6.07) is 10.6. The molecule has 1 atom stereocenters. The molecule has 1 aliphatic heterocycles. The second kappa shape index (κ2) is 6.53. The van der Waals surface area contributed by atoms with E-state index in [4.69, 9.17) is 0 Å². The van der Waals surface area contributed by atoms with Gasteiger partial charge in [-0.05, 0) is 17.9 Å². The lowest BCUT2D eigenvalue weighted by Gasteiger charge is -2.33. The molecule has 0 spiro atoms. The third-order valence-corrected chi connectivity index (χ3v) is 4.95. The Morgan fingerprint density at radius 1 is 1.10 bits per heavy atom. The van der Waals surface area contributed by atoms with Gasteiger partial charge in [-0.2, -0.15) is 0 Å². The molecule has 0 N–H and O–H groups in total. The molecule has 1 aliphatic carbocycles. The van der Waals surface area contributed by atoms with E-state index < -0.39 is 0 Å². The number of carbonyl (C=O) groups is 1. The van der Waals surface area contributed by atoms with Crippen LogP contribution in [0.4, 0.5) is 0 Å². The molecule has 0 bridgehead atoms. The largest absolute Gasteiger partial charge is 0.299 e. The van der Waals surface area contributed by atoms with Crippen LogP contribution in [0.3, 0.4) is 0 Å². The van der Waals surface area contributed by atoms with E-state index in [1.165, 1.54) is 31.2 Å². The standard InChI is InChI=1S/C18H25NO/c20-18-10-11-19(13-16-8-2-1-3-9-16)14-17(18)12-15-6-4-5-7-15/h1-3,8-9,15,17H,4-7,10-14H2. The van der Waals surface area contributed by atoms with Crippen molar-refractivity contribution in [1.82, 2.24) is 4.90 Å². The SMILES string of the molecule is O=C1CCN(Cc2ccccc2)CC1CC1CCCC1. The highest BCUT2D eigenvalue weighted by molar-refractivity contribution is 5.82. The van der Waals surface area contributed by atoms with Crippen molar-refractivity contribution in [3.63, 3.8) is 0 Å². The molecule has 1 aromatic carbocycles. The van der Waals surface area contributed by atoms with E-state index in [9.17, 15) is 4.79 Å². The van der Waals surface area contributed by atoms with Gasteiger partial charge in [0, 0.05) is 32.0 Å². The van der Waals surface area contributed by atoms with Gasteiger partial charge in [-0.25, -0.2) is 0 Å². The van der Waals surface area contributed by atoms with Crippen LogP contribution in [0.1, 0.15) is 44.1 Å². The predicted octanol–water partition coefficient (Wildman–Crippen LogP) is 3.66. The first-order valence-electron chi connectivity index (χ1n) is 8.10. The second-order valence-corrected chi connectivity index (χ2v) is 6.52. The Bertz CT molecular complexity index is 436. The number of ketones is 1. The summed E-state index contributed by atoms with van der Waals surface area (Å²) in [5.41, 5.74) is 1.36. The maximum Gasteiger partial charge on any atom is 0.138 e. The molecule has 2 nitrogen and oxygen atoms in total. The number of likely N-dealkylation sites (tertiary alicyclic amines) is 1. The van der Waals surface area contributed by atoms with Crippen molar-refractivity contribution in [2.45, 2.75) is 45.1 Å². The van der Waals surface area contributed by atoms with Crippen LogP contribution in [-0.4, -0.2) is 23.8 Å². The van der Waals surface area contributed by atoms with Gasteiger partial charge in [0.1, 0.15) is 5.78 Å². The third kappa shape index (κ3) is 3.49. The van der Waals surface area contributed by atoms with Gasteiger partial charge in [0.25, 0.3) is 0 Å². The quantitative estimate of drug-likeness (QED) is 0.833. The molecule has 1 aromatic rings. The number of nitrogens with zero attached hydrogens (tertiary/aromatic N) is 1. The molecule has 1 saturated carbocycles. The molecule has 1 unspecified atom stereocenters. The smallest absolute Gasteiger partial charge is 0.138 e. The van der Waals surface area contributed by atoms with Crippen LogP contribution < -0.4 is 0 Å². The zero-order valence-corrected chi connectivity index (χ0v) is 12.3. The molecule has 3 rings (SSSR count). The molecule has 0 aromatic heterocycles. The van der Waals surface area contributed by atoms with Crippen molar-refractivity contribution >= 4 is 5.78 Å². The minimum Gasteiger partial charge on any atom is -0.299 e. The fourth-order valence-corrected chi connectivity index (χ4v) is 3.82. The Kier molecular flexibility index (Phi) is 4.51. The monoisotopic (exact) mass is 271 g/mol. The Morgan fingerprint density at radius 3 is 2.60 bits per heavy atom. The summed E-state index contributed by atoms with van der Waals surface area (Å²) >= 11 is 0. The van der Waals surface area contributed by atoms with Gasteiger partial charge < -0.3 is 0 Å². The summed E-state index contributed by atoms with van der Waals surface area (Å²) < 4.78 is 0. The molecule has 20 heavy (non-hydrogen) atoms. The Hall–Kier alpha value is -1.15. The minimum atomic E-state index is 0.301. The van der Waals surface area contributed by atoms with Crippen LogP contribution in [-0.2, 0) is 11.3 Å². The lowest BCUT2D eigenvalue weighted by Crippen LogP contribution is -2.41. The normalized spacial score (nSPS) is 25.2. The number of rotatable bonds is 4. The average molecular weight is 271 g/mol. The highest BCUT2D eigenvalue weighted by Crippen LogP contribution is 2.32. The van der Waals surface area contributed by atoms with Gasteiger partial charge in [0.05, 0.1) is 0 Å². The van der Waals surface area contributed by atoms with Crippen LogP contribution >= 0.6 is 0 Å². The Labute approximate surface area is 122 Å². The molecule has 1 saturated heterocycles. The number of hydrogen-bond acceptors (Lipinski definition) is 2. The van der Waals surface area contributed by atoms with Crippen molar-refractivity contribution < 1.29 is 4.79 Å². The lowest BCUT2D eigenvalue weighted by molar-refractivity contribution is -0.127. The topological polar surface area (TPSA) is 20.3 Å². The highest BCUT2D eigenvalue weighted by Gasteiger charge is 2.30. The number of Topliss-reactive ketones (excluding diaryl/α,β-unsaturated/α-hetero) is 1. The molecule has 0 amide bonds. The van der Waals surface area contributed by atoms with E-state index in [2.05, 4.69) is 35.2 Å². The maximum absolute atomic E-state index is 12.2. The van der Waals surface area contributed by atoms with E-state index in [1.807, 2.05) is 0 Å². The lowest BCUT2D eigenvalue weighted by atomic mass is 9.86. The molecule has 108 valence electrons. The van der Waals surface area contributed by atoms with E-state index in [0.717, 1.165) is 38.4 Å². The summed E-state index contributed by atoms with van der Waals surface area (Å²) in [6.07, 6.45) is 7.35. The summed E-state index contributed by atoms with van der Waals surface area (Å²) in [5, 5.41) is 0. The number of piperidine rings is 1. The minimum absolute atomic E-state index is 0.301. The van der Waals surface area contributed by atoms with Crippen molar-refractivity contribution in [2.24, 2.45) is 11.8 Å². The van der Waals surface area contributed by atoms with Gasteiger partial charge in [-0.15, -0.1) is 0 Å². The molecular formula is C18H25NO. The molecule has 0 radical (unpaired) electrons. The maximum atomic E-state index is 12.2. The van der Waals surface area contributed by atoms with Gasteiger partial charge in [0.15, 0.2) is 0 Å². The average Bonchev–Trinajstić information content (AvgIpc) is 2.97. The molecule has 2 fully saturated rings. The predicted molar refractivity (Wildman–Crippen MR) is 81.4 cm³/mol.